The van der Waals surface area contributed by atoms with Gasteiger partial charge in [0, 0.05) is 17.4 Å². The van der Waals surface area contributed by atoms with Crippen molar-refractivity contribution in [1.29, 1.82) is 0 Å². The van der Waals surface area contributed by atoms with Gasteiger partial charge in [-0.3, -0.25) is 4.79 Å². The summed E-state index contributed by atoms with van der Waals surface area (Å²) >= 11 is 0. The van der Waals surface area contributed by atoms with Crippen LogP contribution in [0, 0.1) is 19.7 Å². The number of hydrogen-bond donors (Lipinski definition) is 1. The highest BCUT2D eigenvalue weighted by Crippen LogP contribution is 2.34. The van der Waals surface area contributed by atoms with Gasteiger partial charge in [-0.05, 0) is 75.7 Å². The molecule has 0 aliphatic carbocycles. The summed E-state index contributed by atoms with van der Waals surface area (Å²) in [5.74, 6) is -0.531. The first-order chi connectivity index (χ1) is 16.6. The Kier molecular flexibility index (Phi) is 6.61. The number of halogens is 2. The van der Waals surface area contributed by atoms with E-state index in [1.54, 1.807) is 22.9 Å². The number of fused-ring (bicyclic) bond motifs is 1. The van der Waals surface area contributed by atoms with E-state index in [-0.39, 0.29) is 5.82 Å². The zero-order valence-electron chi connectivity index (χ0n) is 20.5. The Bertz CT molecular complexity index is 1370. The predicted octanol–water partition coefficient (Wildman–Crippen LogP) is 6.43. The summed E-state index contributed by atoms with van der Waals surface area (Å²) in [4.78, 5) is 12.1. The molecule has 0 fully saturated rings. The molecule has 7 heteroatoms. The Hall–Kier alpha value is -3.74. The number of aryl methyl sites for hydroxylation is 2. The van der Waals surface area contributed by atoms with E-state index >= 15 is 0 Å². The second-order valence-corrected chi connectivity index (χ2v) is 9.19. The van der Waals surface area contributed by atoms with Crippen molar-refractivity contribution in [2.45, 2.75) is 52.9 Å². The third kappa shape index (κ3) is 5.19. The van der Waals surface area contributed by atoms with E-state index in [1.807, 2.05) is 45.0 Å². The lowest BCUT2D eigenvalue weighted by Gasteiger charge is -2.22. The molecule has 0 spiro atoms. The maximum atomic E-state index is 14.0. The van der Waals surface area contributed by atoms with Gasteiger partial charge in [-0.2, -0.15) is 5.10 Å². The van der Waals surface area contributed by atoms with Crippen LogP contribution in [0.4, 0.5) is 8.78 Å². The summed E-state index contributed by atoms with van der Waals surface area (Å²) in [7, 11) is 0. The van der Waals surface area contributed by atoms with Crippen molar-refractivity contribution in [3.05, 3.63) is 77.6 Å². The highest BCUT2D eigenvalue weighted by Gasteiger charge is 2.28. The van der Waals surface area contributed by atoms with E-state index in [4.69, 9.17) is 9.84 Å². The Balaban J connectivity index is 1.80. The summed E-state index contributed by atoms with van der Waals surface area (Å²) in [6.45, 7) is 8.34. The molecule has 0 saturated heterocycles. The molecule has 1 amide bonds. The lowest BCUT2D eigenvalue weighted by atomic mass is 10.0. The summed E-state index contributed by atoms with van der Waals surface area (Å²) in [6.07, 6.45) is -0.231. The zero-order valence-corrected chi connectivity index (χ0v) is 20.5. The van der Waals surface area contributed by atoms with Crippen LogP contribution in [0.25, 0.3) is 27.8 Å². The number of nitrogens with zero attached hydrogens (tertiary/aromatic N) is 2. The quantitative estimate of drug-likeness (QED) is 0.312. The summed E-state index contributed by atoms with van der Waals surface area (Å²) in [6, 6.07) is 17.9. The van der Waals surface area contributed by atoms with E-state index in [2.05, 4.69) is 11.4 Å². The molecule has 0 aliphatic rings. The van der Waals surface area contributed by atoms with Crippen LogP contribution in [0.5, 0.6) is 5.75 Å². The number of ether oxygens (including phenoxy) is 1. The molecule has 35 heavy (non-hydrogen) atoms. The molecular formula is C28H29F2N3O2. The molecule has 4 aromatic rings. The second kappa shape index (κ2) is 9.49. The minimum Gasteiger partial charge on any atom is -0.471 e. The molecule has 5 nitrogen and oxygen atoms in total. The predicted molar refractivity (Wildman–Crippen MR) is 134 cm³/mol. The largest absolute Gasteiger partial charge is 0.471 e. The van der Waals surface area contributed by atoms with Crippen LogP contribution in [0.15, 0.2) is 60.7 Å². The smallest absolute Gasteiger partial charge is 0.259 e. The minimum atomic E-state index is -2.01. The number of carbonyl (C=O) groups excluding carboxylic acids is 1. The lowest BCUT2D eigenvalue weighted by molar-refractivity contribution is -0.133. The number of amides is 1. The highest BCUT2D eigenvalue weighted by atomic mass is 19.1. The topological polar surface area (TPSA) is 56.1 Å². The standard InChI is InChI=1S/C28H29F2N3O2/c1-6-25(31-27(34)28(4,5)30)35-21-12-14-24-23(16-21)26(22-13-7-17(2)15-18(22)3)32-33(24)20-10-8-19(29)9-11-20/h7-16,25H,6H2,1-5H3,(H,31,34). The van der Waals surface area contributed by atoms with Gasteiger partial charge in [0.05, 0.1) is 11.2 Å². The second-order valence-electron chi connectivity index (χ2n) is 9.19. The van der Waals surface area contributed by atoms with E-state index in [1.165, 1.54) is 26.0 Å². The fourth-order valence-corrected chi connectivity index (χ4v) is 3.92. The van der Waals surface area contributed by atoms with Crippen molar-refractivity contribution in [3.63, 3.8) is 0 Å². The van der Waals surface area contributed by atoms with Gasteiger partial charge in [-0.1, -0.05) is 30.7 Å². The van der Waals surface area contributed by atoms with Gasteiger partial charge < -0.3 is 10.1 Å². The molecule has 1 aromatic heterocycles. The van der Waals surface area contributed by atoms with Gasteiger partial charge in [0.1, 0.15) is 17.3 Å². The fraction of sp³-hybridized carbons (Fsp3) is 0.286. The Morgan fingerprint density at radius 3 is 2.43 bits per heavy atom. The Morgan fingerprint density at radius 1 is 1.09 bits per heavy atom. The monoisotopic (exact) mass is 477 g/mol. The molecule has 182 valence electrons. The van der Waals surface area contributed by atoms with Crippen molar-refractivity contribution < 1.29 is 18.3 Å². The maximum absolute atomic E-state index is 14.0. The lowest BCUT2D eigenvalue weighted by Crippen LogP contribution is -2.46. The number of nitrogens with one attached hydrogen (secondary N) is 1. The molecular weight excluding hydrogens is 448 g/mol. The molecule has 1 heterocycles. The normalized spacial score (nSPS) is 12.5. The number of rotatable bonds is 7. The molecule has 0 radical (unpaired) electrons. The first-order valence-corrected chi connectivity index (χ1v) is 11.6. The number of benzene rings is 3. The van der Waals surface area contributed by atoms with Crippen LogP contribution in [-0.4, -0.2) is 27.6 Å². The van der Waals surface area contributed by atoms with Crippen molar-refractivity contribution >= 4 is 16.8 Å². The van der Waals surface area contributed by atoms with E-state index < -0.39 is 17.8 Å². The van der Waals surface area contributed by atoms with Gasteiger partial charge in [-0.25, -0.2) is 13.5 Å². The molecule has 1 unspecified atom stereocenters. The number of hydrogen-bond acceptors (Lipinski definition) is 3. The SMILES string of the molecule is CCC(NC(=O)C(C)(C)F)Oc1ccc2c(c1)c(-c1ccc(C)cc1C)nn2-c1ccc(F)cc1. The van der Waals surface area contributed by atoms with Crippen LogP contribution in [0.2, 0.25) is 0 Å². The number of carbonyl (C=O) groups is 1. The average molecular weight is 478 g/mol. The van der Waals surface area contributed by atoms with E-state index in [9.17, 15) is 13.6 Å². The van der Waals surface area contributed by atoms with Crippen LogP contribution in [0.3, 0.4) is 0 Å². The highest BCUT2D eigenvalue weighted by molar-refractivity contribution is 5.96. The van der Waals surface area contributed by atoms with Gasteiger partial charge in [-0.15, -0.1) is 0 Å². The Labute approximate surface area is 203 Å². The number of aromatic nitrogens is 2. The van der Waals surface area contributed by atoms with Gasteiger partial charge >= 0.3 is 0 Å². The number of alkyl halides is 1. The van der Waals surface area contributed by atoms with Gasteiger partial charge in [0.2, 0.25) is 0 Å². The summed E-state index contributed by atoms with van der Waals surface area (Å²) in [5, 5.41) is 8.34. The summed E-state index contributed by atoms with van der Waals surface area (Å²) in [5.41, 5.74) is 3.49. The maximum Gasteiger partial charge on any atom is 0.259 e. The van der Waals surface area contributed by atoms with Crippen molar-refractivity contribution in [2.24, 2.45) is 0 Å². The first kappa shape index (κ1) is 24.4. The zero-order chi connectivity index (χ0) is 25.3. The van der Waals surface area contributed by atoms with E-state index in [0.29, 0.717) is 12.2 Å². The molecule has 0 saturated carbocycles. The molecule has 3 aromatic carbocycles. The van der Waals surface area contributed by atoms with Gasteiger partial charge in [0.15, 0.2) is 11.9 Å². The molecule has 4 rings (SSSR count). The van der Waals surface area contributed by atoms with Crippen LogP contribution in [0.1, 0.15) is 38.3 Å². The van der Waals surface area contributed by atoms with Gasteiger partial charge in [0.25, 0.3) is 5.91 Å². The van der Waals surface area contributed by atoms with Crippen LogP contribution in [-0.2, 0) is 4.79 Å². The first-order valence-electron chi connectivity index (χ1n) is 11.6. The van der Waals surface area contributed by atoms with Crippen molar-refractivity contribution in [1.82, 2.24) is 15.1 Å². The molecule has 0 bridgehead atoms. The summed E-state index contributed by atoms with van der Waals surface area (Å²) < 4.78 is 35.4. The van der Waals surface area contributed by atoms with E-state index in [0.717, 1.165) is 39.0 Å². The minimum absolute atomic E-state index is 0.320. The molecule has 1 atom stereocenters. The third-order valence-electron chi connectivity index (χ3n) is 5.84. The average Bonchev–Trinajstić information content (AvgIpc) is 3.17. The Morgan fingerprint density at radius 2 is 1.80 bits per heavy atom. The molecule has 0 aliphatic heterocycles. The molecule has 1 N–H and O–H groups in total. The van der Waals surface area contributed by atoms with Crippen molar-refractivity contribution in [3.8, 4) is 22.7 Å². The third-order valence-corrected chi connectivity index (χ3v) is 5.84. The van der Waals surface area contributed by atoms with Crippen LogP contribution >= 0.6 is 0 Å². The fourth-order valence-electron chi connectivity index (χ4n) is 3.92. The van der Waals surface area contributed by atoms with Crippen LogP contribution < -0.4 is 10.1 Å². The van der Waals surface area contributed by atoms with Crippen molar-refractivity contribution in [2.75, 3.05) is 0 Å².